The molecule has 3 nitrogen and oxygen atoms in total. The molecule has 39 heavy (non-hydrogen) atoms. The Hall–Kier alpha value is -2.81. The smallest absolute Gasteiger partial charge is 0.404 e. The van der Waals surface area contributed by atoms with E-state index in [1.165, 1.54) is 24.8 Å². The highest BCUT2D eigenvalue weighted by Crippen LogP contribution is 2.50. The predicted molar refractivity (Wildman–Crippen MR) is 141 cm³/mol. The molecule has 1 aliphatic heterocycles. The number of aliphatic hydroxyl groups is 1. The maximum absolute atomic E-state index is 13.8. The molecular formula is C30H36F6NO2+. The summed E-state index contributed by atoms with van der Waals surface area (Å²) in [5.41, 5.74) is -1.58. The Balaban J connectivity index is 2.55. The Morgan fingerprint density at radius 3 is 2.03 bits per heavy atom. The number of benzene rings is 2. The van der Waals surface area contributed by atoms with Crippen LogP contribution >= 0.6 is 0 Å². The van der Waals surface area contributed by atoms with Gasteiger partial charge in [0, 0.05) is 25.2 Å². The van der Waals surface area contributed by atoms with Crippen LogP contribution in [0.25, 0.3) is 10.8 Å². The van der Waals surface area contributed by atoms with Crippen LogP contribution in [0.3, 0.4) is 0 Å². The van der Waals surface area contributed by atoms with Crippen molar-refractivity contribution in [3.8, 4) is 0 Å². The Kier molecular flexibility index (Phi) is 7.87. The van der Waals surface area contributed by atoms with Crippen LogP contribution in [0.4, 0.5) is 26.3 Å². The lowest BCUT2D eigenvalue weighted by Gasteiger charge is -2.45. The molecule has 2 atom stereocenters. The monoisotopic (exact) mass is 556 g/mol. The third-order valence-corrected chi connectivity index (χ3v) is 8.04. The summed E-state index contributed by atoms with van der Waals surface area (Å²) >= 11 is 0. The zero-order valence-electron chi connectivity index (χ0n) is 23.3. The first-order valence-corrected chi connectivity index (χ1v) is 12.7. The average Bonchev–Trinajstić information content (AvgIpc) is 2.78. The van der Waals surface area contributed by atoms with E-state index in [-0.39, 0.29) is 12.0 Å². The molecule has 0 aromatic heterocycles. The van der Waals surface area contributed by atoms with Crippen molar-refractivity contribution < 1.29 is 40.8 Å². The van der Waals surface area contributed by atoms with Gasteiger partial charge in [-0.1, -0.05) is 58.5 Å². The Morgan fingerprint density at radius 1 is 1.05 bits per heavy atom. The number of alkyl halides is 6. The predicted octanol–water partition coefficient (Wildman–Crippen LogP) is 8.35. The van der Waals surface area contributed by atoms with Gasteiger partial charge in [-0.2, -0.15) is 30.9 Å². The fourth-order valence-electron chi connectivity index (χ4n) is 5.83. The van der Waals surface area contributed by atoms with Crippen LogP contribution in [0.15, 0.2) is 54.4 Å². The number of rotatable bonds is 6. The number of halogens is 6. The molecule has 0 saturated heterocycles. The summed E-state index contributed by atoms with van der Waals surface area (Å²) in [5, 5.41) is 12.8. The summed E-state index contributed by atoms with van der Waals surface area (Å²) in [5.74, 6) is -4.08. The van der Waals surface area contributed by atoms with Gasteiger partial charge >= 0.3 is 12.4 Å². The first-order chi connectivity index (χ1) is 17.7. The van der Waals surface area contributed by atoms with Crippen LogP contribution in [0, 0.1) is 5.92 Å². The van der Waals surface area contributed by atoms with Gasteiger partial charge in [-0.15, -0.1) is 0 Å². The maximum Gasteiger partial charge on any atom is 0.404 e. The standard InChI is InChI=1S/C30H35F6NO2/c1-9-19(25(29(31,32)33)30(34,35)36)15-37-16-20-14-23(26(3,4)5)21-12-10-11-13-22(21)24(20)27(6,17-39-8)28(37,7)18(2)38/h10-16,25H,2,9,17H2,1,3-8H3/p+1/b19-15+. The zero-order valence-corrected chi connectivity index (χ0v) is 23.3. The molecule has 2 aromatic carbocycles. The Bertz CT molecular complexity index is 1320. The fourth-order valence-corrected chi connectivity index (χ4v) is 5.83. The highest BCUT2D eigenvalue weighted by atomic mass is 19.4. The minimum atomic E-state index is -5.55. The fraction of sp³-hybridized carbons (Fsp3) is 0.500. The quantitative estimate of drug-likeness (QED) is 0.220. The summed E-state index contributed by atoms with van der Waals surface area (Å²) < 4.78 is 89.4. The number of hydrogen-bond acceptors (Lipinski definition) is 2. The number of nitrogens with zero attached hydrogens (tertiary/aromatic N) is 1. The van der Waals surface area contributed by atoms with E-state index in [1.807, 2.05) is 51.1 Å². The molecule has 2 unspecified atom stereocenters. The number of fused-ring (bicyclic) bond motifs is 3. The molecule has 214 valence electrons. The second-order valence-electron chi connectivity index (χ2n) is 11.6. The van der Waals surface area contributed by atoms with Crippen molar-refractivity contribution in [1.82, 2.24) is 0 Å². The molecule has 1 heterocycles. The third kappa shape index (κ3) is 5.10. The van der Waals surface area contributed by atoms with Crippen molar-refractivity contribution in [3.05, 3.63) is 71.1 Å². The number of allylic oxidation sites excluding steroid dienone is 1. The summed E-state index contributed by atoms with van der Waals surface area (Å²) in [4.78, 5) is 0. The number of ether oxygens (including phenoxy) is 1. The zero-order chi connectivity index (χ0) is 29.8. The van der Waals surface area contributed by atoms with Crippen LogP contribution in [0.2, 0.25) is 0 Å². The van der Waals surface area contributed by atoms with E-state index in [4.69, 9.17) is 4.74 Å². The van der Waals surface area contributed by atoms with Crippen molar-refractivity contribution in [2.24, 2.45) is 5.92 Å². The van der Waals surface area contributed by atoms with E-state index in [0.29, 0.717) is 5.56 Å². The molecule has 0 spiro atoms. The molecule has 0 saturated carbocycles. The first kappa shape index (κ1) is 30.7. The van der Waals surface area contributed by atoms with Crippen molar-refractivity contribution >= 4 is 17.0 Å². The molecule has 1 N–H and O–H groups in total. The van der Waals surface area contributed by atoms with Gasteiger partial charge in [0.15, 0.2) is 24.1 Å². The first-order valence-electron chi connectivity index (χ1n) is 12.7. The van der Waals surface area contributed by atoms with Crippen LogP contribution < -0.4 is 0 Å². The van der Waals surface area contributed by atoms with Gasteiger partial charge in [0.25, 0.3) is 0 Å². The molecule has 2 aromatic rings. The average molecular weight is 557 g/mol. The summed E-state index contributed by atoms with van der Waals surface area (Å²) in [6.07, 6.45) is -9.23. The molecule has 0 fully saturated rings. The topological polar surface area (TPSA) is 32.5 Å². The van der Waals surface area contributed by atoms with E-state index in [0.717, 1.165) is 28.1 Å². The van der Waals surface area contributed by atoms with Crippen molar-refractivity contribution in [2.45, 2.75) is 76.7 Å². The van der Waals surface area contributed by atoms with Gasteiger partial charge in [-0.25, -0.2) is 0 Å². The van der Waals surface area contributed by atoms with Crippen LogP contribution in [0.1, 0.15) is 64.7 Å². The summed E-state index contributed by atoms with van der Waals surface area (Å²) in [6.45, 7) is 14.4. The minimum absolute atomic E-state index is 0.00343. The second kappa shape index (κ2) is 9.98. The van der Waals surface area contributed by atoms with Gasteiger partial charge in [0.1, 0.15) is 0 Å². The Morgan fingerprint density at radius 2 is 1.59 bits per heavy atom. The largest absolute Gasteiger partial charge is 0.506 e. The lowest BCUT2D eigenvalue weighted by Crippen LogP contribution is -2.60. The Labute approximate surface area is 225 Å². The van der Waals surface area contributed by atoms with Gasteiger partial charge in [0.05, 0.1) is 12.0 Å². The van der Waals surface area contributed by atoms with Crippen LogP contribution in [-0.2, 0) is 15.6 Å². The summed E-state index contributed by atoms with van der Waals surface area (Å²) in [6, 6.07) is 9.60. The number of hydrogen-bond donors (Lipinski definition) is 1. The van der Waals surface area contributed by atoms with Crippen molar-refractivity contribution in [3.63, 3.8) is 0 Å². The SMILES string of the molecule is C=C(O)C1(C)[N+](/C=C(\CC)C(C(F)(F)F)C(F)(F)F)=Cc2cc(C(C)(C)C)c3ccccc3c2C1(C)COC. The van der Waals surface area contributed by atoms with E-state index < -0.39 is 47.0 Å². The van der Waals surface area contributed by atoms with Crippen molar-refractivity contribution in [1.29, 1.82) is 0 Å². The highest BCUT2D eigenvalue weighted by Gasteiger charge is 2.62. The highest BCUT2D eigenvalue weighted by molar-refractivity contribution is 5.98. The van der Waals surface area contributed by atoms with E-state index >= 15 is 0 Å². The second-order valence-corrected chi connectivity index (χ2v) is 11.6. The molecule has 3 rings (SSSR count). The lowest BCUT2D eigenvalue weighted by molar-refractivity contribution is -0.552. The van der Waals surface area contributed by atoms with Gasteiger partial charge in [-0.3, -0.25) is 0 Å². The van der Waals surface area contributed by atoms with Gasteiger partial charge in [-0.05, 0) is 46.7 Å². The molecule has 0 aliphatic carbocycles. The number of methoxy groups -OCH3 is 1. The molecule has 1 aliphatic rings. The van der Waals surface area contributed by atoms with Gasteiger partial charge in [0.2, 0.25) is 5.54 Å². The van der Waals surface area contributed by atoms with Crippen LogP contribution in [-0.4, -0.2) is 47.5 Å². The molecule has 0 radical (unpaired) electrons. The molecule has 9 heteroatoms. The molecule has 0 amide bonds. The van der Waals surface area contributed by atoms with E-state index in [1.54, 1.807) is 13.8 Å². The van der Waals surface area contributed by atoms with E-state index in [2.05, 4.69) is 6.58 Å². The molecular weight excluding hydrogens is 520 g/mol. The third-order valence-electron chi connectivity index (χ3n) is 8.04. The molecule has 0 bridgehead atoms. The van der Waals surface area contributed by atoms with E-state index in [9.17, 15) is 31.4 Å². The normalized spacial score (nSPS) is 22.7. The minimum Gasteiger partial charge on any atom is -0.506 e. The lowest BCUT2D eigenvalue weighted by atomic mass is 9.61. The van der Waals surface area contributed by atoms with Crippen molar-refractivity contribution in [2.75, 3.05) is 13.7 Å². The maximum atomic E-state index is 13.8. The van der Waals surface area contributed by atoms with Gasteiger partial charge < -0.3 is 9.84 Å². The van der Waals surface area contributed by atoms with Crippen LogP contribution in [0.5, 0.6) is 0 Å². The summed E-state index contributed by atoms with van der Waals surface area (Å²) in [7, 11) is 1.45. The number of aliphatic hydroxyl groups excluding tert-OH is 1.